The van der Waals surface area contributed by atoms with Crippen LogP contribution in [0.5, 0.6) is 0 Å². The molecule has 1 saturated carbocycles. The lowest BCUT2D eigenvalue weighted by Crippen LogP contribution is -2.17. The fraction of sp³-hybridized carbons (Fsp3) is 0.714. The van der Waals surface area contributed by atoms with Crippen molar-refractivity contribution in [2.75, 3.05) is 24.7 Å². The highest BCUT2D eigenvalue weighted by molar-refractivity contribution is 7.99. The molecule has 2 aromatic heterocycles. The number of anilines is 2. The fourth-order valence-corrected chi connectivity index (χ4v) is 3.71. The van der Waals surface area contributed by atoms with Gasteiger partial charge < -0.3 is 10.6 Å². The van der Waals surface area contributed by atoms with Crippen molar-refractivity contribution in [1.82, 2.24) is 35.2 Å². The van der Waals surface area contributed by atoms with Crippen LogP contribution < -0.4 is 10.6 Å². The van der Waals surface area contributed by atoms with Crippen molar-refractivity contribution in [3.05, 3.63) is 5.82 Å². The first-order valence-corrected chi connectivity index (χ1v) is 9.06. The second-order valence-corrected chi connectivity index (χ2v) is 7.51. The number of hydrogen-bond donors (Lipinski definition) is 1. The van der Waals surface area contributed by atoms with Crippen LogP contribution in [0.1, 0.15) is 56.1 Å². The van der Waals surface area contributed by atoms with Crippen molar-refractivity contribution in [1.29, 1.82) is 0 Å². The highest BCUT2D eigenvalue weighted by atomic mass is 32.2. The molecule has 1 fully saturated rings. The van der Waals surface area contributed by atoms with E-state index in [9.17, 15) is 0 Å². The Morgan fingerprint density at radius 3 is 2.62 bits per heavy atom. The molecular formula is C14H23N9S. The molecule has 0 spiro atoms. The van der Waals surface area contributed by atoms with Gasteiger partial charge in [-0.3, -0.25) is 0 Å². The number of nitrogens with zero attached hydrogens (tertiary/aromatic N) is 8. The Labute approximate surface area is 145 Å². The number of tetrazole rings is 1. The lowest BCUT2D eigenvalue weighted by atomic mass is 9.96. The average molecular weight is 349 g/mol. The zero-order valence-electron chi connectivity index (χ0n) is 14.3. The summed E-state index contributed by atoms with van der Waals surface area (Å²) in [5, 5.41) is 13.0. The maximum atomic E-state index is 5.81. The van der Waals surface area contributed by atoms with Crippen molar-refractivity contribution in [2.45, 2.75) is 55.5 Å². The van der Waals surface area contributed by atoms with Crippen molar-refractivity contribution >= 4 is 23.7 Å². The van der Waals surface area contributed by atoms with Gasteiger partial charge in [-0.2, -0.15) is 15.0 Å². The summed E-state index contributed by atoms with van der Waals surface area (Å²) in [6.45, 7) is 2.03. The van der Waals surface area contributed by atoms with E-state index in [2.05, 4.69) is 30.5 Å². The molecule has 0 aliphatic heterocycles. The van der Waals surface area contributed by atoms with Crippen LogP contribution in [0.3, 0.4) is 0 Å². The zero-order chi connectivity index (χ0) is 17.1. The normalized spacial score (nSPS) is 17.0. The van der Waals surface area contributed by atoms with Gasteiger partial charge in [0, 0.05) is 14.1 Å². The Morgan fingerprint density at radius 2 is 1.92 bits per heavy atom. The molecule has 1 aliphatic rings. The third kappa shape index (κ3) is 3.74. The molecular weight excluding hydrogens is 326 g/mol. The highest BCUT2D eigenvalue weighted by Gasteiger charge is 2.23. The van der Waals surface area contributed by atoms with Crippen LogP contribution in [0.15, 0.2) is 5.16 Å². The Balaban J connectivity index is 1.78. The summed E-state index contributed by atoms with van der Waals surface area (Å²) in [5.41, 5.74) is 5.81. The summed E-state index contributed by atoms with van der Waals surface area (Å²) in [5.74, 6) is 1.41. The first-order chi connectivity index (χ1) is 11.5. The van der Waals surface area contributed by atoms with Gasteiger partial charge in [0.1, 0.15) is 5.82 Å². The van der Waals surface area contributed by atoms with Gasteiger partial charge in [0.15, 0.2) is 0 Å². The number of nitrogen functional groups attached to an aromatic ring is 1. The third-order valence-electron chi connectivity index (χ3n) is 4.09. The minimum Gasteiger partial charge on any atom is -0.368 e. The number of aromatic nitrogens is 7. The molecule has 1 aliphatic carbocycles. The van der Waals surface area contributed by atoms with Gasteiger partial charge >= 0.3 is 0 Å². The lowest BCUT2D eigenvalue weighted by Gasteiger charge is -2.22. The zero-order valence-corrected chi connectivity index (χ0v) is 15.1. The Hall–Kier alpha value is -1.97. The smallest absolute Gasteiger partial charge is 0.229 e. The standard InChI is InChI=1S/C14H23N9S/c1-9(11-16-12(15)18-13(17-11)22(2)3)24-14-19-20-21-23(14)10-7-5-4-6-8-10/h9-10H,4-8H2,1-3H3,(H2,15,16,17,18). The van der Waals surface area contributed by atoms with Crippen LogP contribution in [0, 0.1) is 0 Å². The molecule has 9 nitrogen and oxygen atoms in total. The first-order valence-electron chi connectivity index (χ1n) is 8.18. The summed E-state index contributed by atoms with van der Waals surface area (Å²) in [6.07, 6.45) is 6.04. The van der Waals surface area contributed by atoms with Gasteiger partial charge in [0.25, 0.3) is 0 Å². The number of nitrogens with two attached hydrogens (primary N) is 1. The summed E-state index contributed by atoms with van der Waals surface area (Å²) in [6, 6.07) is 0.393. The van der Waals surface area contributed by atoms with Crippen LogP contribution in [-0.2, 0) is 0 Å². The van der Waals surface area contributed by atoms with Crippen molar-refractivity contribution in [3.8, 4) is 0 Å². The van der Waals surface area contributed by atoms with E-state index >= 15 is 0 Å². The Bertz CT molecular complexity index is 681. The van der Waals surface area contributed by atoms with Crippen LogP contribution >= 0.6 is 11.8 Å². The van der Waals surface area contributed by atoms with Gasteiger partial charge in [-0.15, -0.1) is 5.10 Å². The molecule has 2 heterocycles. The SMILES string of the molecule is CC(Sc1nnnn1C1CCCCC1)c1nc(N)nc(N(C)C)n1. The summed E-state index contributed by atoms with van der Waals surface area (Å²) in [7, 11) is 3.75. The molecule has 1 atom stereocenters. The second-order valence-electron chi connectivity index (χ2n) is 6.20. The van der Waals surface area contributed by atoms with E-state index in [1.54, 1.807) is 11.8 Å². The average Bonchev–Trinajstić information content (AvgIpc) is 3.03. The molecule has 10 heteroatoms. The minimum atomic E-state index is -0.0256. The molecule has 0 saturated heterocycles. The van der Waals surface area contributed by atoms with Gasteiger partial charge in [0.05, 0.1) is 11.3 Å². The monoisotopic (exact) mass is 349 g/mol. The molecule has 0 bridgehead atoms. The van der Waals surface area contributed by atoms with Crippen molar-refractivity contribution in [2.24, 2.45) is 0 Å². The molecule has 1 unspecified atom stereocenters. The molecule has 0 radical (unpaired) electrons. The number of thioether (sulfide) groups is 1. The third-order valence-corrected chi connectivity index (χ3v) is 5.13. The first kappa shape index (κ1) is 16.9. The van der Waals surface area contributed by atoms with E-state index in [4.69, 9.17) is 5.73 Å². The largest absolute Gasteiger partial charge is 0.368 e. The van der Waals surface area contributed by atoms with Crippen LogP contribution in [-0.4, -0.2) is 49.3 Å². The number of hydrogen-bond acceptors (Lipinski definition) is 9. The lowest BCUT2D eigenvalue weighted by molar-refractivity contribution is 0.307. The predicted molar refractivity (Wildman–Crippen MR) is 92.8 cm³/mol. The van der Waals surface area contributed by atoms with E-state index in [1.165, 1.54) is 19.3 Å². The molecule has 0 aromatic carbocycles. The quantitative estimate of drug-likeness (QED) is 0.808. The Kier molecular flexibility index (Phi) is 5.12. The molecule has 3 rings (SSSR count). The minimum absolute atomic E-state index is 0.0256. The van der Waals surface area contributed by atoms with E-state index in [1.807, 2.05) is 30.6 Å². The van der Waals surface area contributed by atoms with Crippen molar-refractivity contribution < 1.29 is 0 Å². The molecule has 24 heavy (non-hydrogen) atoms. The predicted octanol–water partition coefficient (Wildman–Crippen LogP) is 1.86. The Morgan fingerprint density at radius 1 is 1.17 bits per heavy atom. The maximum Gasteiger partial charge on any atom is 0.229 e. The topological polar surface area (TPSA) is 112 Å². The summed E-state index contributed by atoms with van der Waals surface area (Å²) in [4.78, 5) is 14.7. The maximum absolute atomic E-state index is 5.81. The van der Waals surface area contributed by atoms with E-state index in [0.29, 0.717) is 17.8 Å². The van der Waals surface area contributed by atoms with Crippen molar-refractivity contribution in [3.63, 3.8) is 0 Å². The van der Waals surface area contributed by atoms with E-state index in [-0.39, 0.29) is 11.2 Å². The fourth-order valence-electron chi connectivity index (χ4n) is 2.81. The van der Waals surface area contributed by atoms with Crippen LogP contribution in [0.2, 0.25) is 0 Å². The highest BCUT2D eigenvalue weighted by Crippen LogP contribution is 2.35. The molecule has 130 valence electrons. The van der Waals surface area contributed by atoms with Crippen LogP contribution in [0.4, 0.5) is 11.9 Å². The van der Waals surface area contributed by atoms with Gasteiger partial charge in [-0.1, -0.05) is 31.0 Å². The molecule has 0 amide bonds. The van der Waals surface area contributed by atoms with Gasteiger partial charge in [-0.25, -0.2) is 4.68 Å². The van der Waals surface area contributed by atoms with E-state index in [0.717, 1.165) is 18.0 Å². The summed E-state index contributed by atoms with van der Waals surface area (Å²) >= 11 is 1.55. The van der Waals surface area contributed by atoms with Gasteiger partial charge in [-0.05, 0) is 30.2 Å². The number of rotatable bonds is 5. The van der Waals surface area contributed by atoms with Crippen LogP contribution in [0.25, 0.3) is 0 Å². The van der Waals surface area contributed by atoms with E-state index < -0.39 is 0 Å². The molecule has 2 aromatic rings. The summed E-state index contributed by atoms with van der Waals surface area (Å²) < 4.78 is 1.96. The molecule has 2 N–H and O–H groups in total. The second kappa shape index (κ2) is 7.29. The van der Waals surface area contributed by atoms with Gasteiger partial charge in [0.2, 0.25) is 17.1 Å².